The first-order valence-corrected chi connectivity index (χ1v) is 8.10. The van der Waals surface area contributed by atoms with Gasteiger partial charge in [0.15, 0.2) is 0 Å². The van der Waals surface area contributed by atoms with Crippen LogP contribution in [0.4, 0.5) is 0 Å². The van der Waals surface area contributed by atoms with Crippen molar-refractivity contribution in [2.45, 2.75) is 39.5 Å². The summed E-state index contributed by atoms with van der Waals surface area (Å²) < 4.78 is 5.51. The molecule has 0 bridgehead atoms. The molecule has 116 valence electrons. The monoisotopic (exact) mass is 289 g/mol. The molecule has 1 saturated heterocycles. The Bertz CT molecular complexity index is 458. The van der Waals surface area contributed by atoms with Gasteiger partial charge in [-0.15, -0.1) is 0 Å². The third-order valence-electron chi connectivity index (χ3n) is 4.14. The van der Waals surface area contributed by atoms with Crippen LogP contribution in [-0.2, 0) is 16.0 Å². The number of piperidine rings is 1. The van der Waals surface area contributed by atoms with Gasteiger partial charge < -0.3 is 9.64 Å². The van der Waals surface area contributed by atoms with E-state index in [0.717, 1.165) is 39.1 Å². The molecule has 1 aliphatic heterocycles. The highest BCUT2D eigenvalue weighted by Crippen LogP contribution is 2.18. The Hall–Kier alpha value is -1.35. The number of carbonyl (C=O) groups is 1. The molecule has 1 atom stereocenters. The van der Waals surface area contributed by atoms with E-state index >= 15 is 0 Å². The third-order valence-corrected chi connectivity index (χ3v) is 4.14. The Kier molecular flexibility index (Phi) is 6.24. The third kappa shape index (κ3) is 5.16. The molecule has 3 heteroatoms. The fourth-order valence-corrected chi connectivity index (χ4v) is 2.99. The number of ether oxygens (including phenoxy) is 1. The zero-order chi connectivity index (χ0) is 15.1. The fraction of sp³-hybridized carbons (Fsp3) is 0.611. The Morgan fingerprint density at radius 1 is 1.43 bits per heavy atom. The molecule has 0 saturated carbocycles. The van der Waals surface area contributed by atoms with Crippen molar-refractivity contribution in [1.82, 2.24) is 4.90 Å². The molecular formula is C18H27NO2. The lowest BCUT2D eigenvalue weighted by molar-refractivity contribution is -0.133. The molecule has 1 aromatic rings. The molecule has 0 N–H and O–H groups in total. The van der Waals surface area contributed by atoms with Gasteiger partial charge in [0, 0.05) is 26.1 Å². The standard InChI is InChI=1S/C18H27NO2/c1-3-21-14-17-8-5-11-19(13-17)18(20)10-9-16-7-4-6-15(2)12-16/h4,6-7,12,17H,3,5,8-11,13-14H2,1-2H3. The van der Waals surface area contributed by atoms with E-state index in [0.29, 0.717) is 12.3 Å². The van der Waals surface area contributed by atoms with Crippen LogP contribution in [0.2, 0.25) is 0 Å². The summed E-state index contributed by atoms with van der Waals surface area (Å²) in [7, 11) is 0. The van der Waals surface area contributed by atoms with Crippen LogP contribution in [0.15, 0.2) is 24.3 Å². The topological polar surface area (TPSA) is 29.5 Å². The first kappa shape index (κ1) is 16.0. The average Bonchev–Trinajstić information content (AvgIpc) is 2.51. The van der Waals surface area contributed by atoms with Crippen LogP contribution in [-0.4, -0.2) is 37.1 Å². The highest BCUT2D eigenvalue weighted by Gasteiger charge is 2.23. The van der Waals surface area contributed by atoms with Gasteiger partial charge in [0.2, 0.25) is 5.91 Å². The number of rotatable bonds is 6. The molecule has 1 unspecified atom stereocenters. The molecule has 1 heterocycles. The van der Waals surface area contributed by atoms with Gasteiger partial charge in [-0.2, -0.15) is 0 Å². The minimum atomic E-state index is 0.290. The zero-order valence-electron chi connectivity index (χ0n) is 13.3. The fourth-order valence-electron chi connectivity index (χ4n) is 2.99. The predicted molar refractivity (Wildman–Crippen MR) is 85.3 cm³/mol. The maximum Gasteiger partial charge on any atom is 0.222 e. The SMILES string of the molecule is CCOCC1CCCN(C(=O)CCc2cccc(C)c2)C1. The van der Waals surface area contributed by atoms with Crippen molar-refractivity contribution < 1.29 is 9.53 Å². The van der Waals surface area contributed by atoms with Gasteiger partial charge >= 0.3 is 0 Å². The quantitative estimate of drug-likeness (QED) is 0.805. The molecule has 1 fully saturated rings. The van der Waals surface area contributed by atoms with E-state index in [1.807, 2.05) is 11.8 Å². The van der Waals surface area contributed by atoms with E-state index in [2.05, 4.69) is 31.2 Å². The summed E-state index contributed by atoms with van der Waals surface area (Å²) in [6.07, 6.45) is 3.74. The molecule has 1 aromatic carbocycles. The molecule has 21 heavy (non-hydrogen) atoms. The summed E-state index contributed by atoms with van der Waals surface area (Å²) in [5.74, 6) is 0.805. The van der Waals surface area contributed by atoms with Crippen molar-refractivity contribution >= 4 is 5.91 Å². The van der Waals surface area contributed by atoms with E-state index in [1.165, 1.54) is 17.5 Å². The molecule has 0 aromatic heterocycles. The molecule has 1 aliphatic rings. The molecule has 0 spiro atoms. The largest absolute Gasteiger partial charge is 0.381 e. The smallest absolute Gasteiger partial charge is 0.222 e. The van der Waals surface area contributed by atoms with Crippen molar-refractivity contribution in [3.05, 3.63) is 35.4 Å². The van der Waals surface area contributed by atoms with Crippen molar-refractivity contribution in [1.29, 1.82) is 0 Å². The highest BCUT2D eigenvalue weighted by molar-refractivity contribution is 5.76. The van der Waals surface area contributed by atoms with Crippen molar-refractivity contribution in [2.24, 2.45) is 5.92 Å². The summed E-state index contributed by atoms with van der Waals surface area (Å²) in [4.78, 5) is 14.4. The molecular weight excluding hydrogens is 262 g/mol. The number of amides is 1. The Morgan fingerprint density at radius 2 is 2.29 bits per heavy atom. The maximum absolute atomic E-state index is 12.4. The van der Waals surface area contributed by atoms with Crippen LogP contribution in [0.5, 0.6) is 0 Å². The van der Waals surface area contributed by atoms with Gasteiger partial charge in [0.25, 0.3) is 0 Å². The first-order valence-electron chi connectivity index (χ1n) is 8.10. The lowest BCUT2D eigenvalue weighted by Crippen LogP contribution is -2.41. The van der Waals surface area contributed by atoms with Crippen molar-refractivity contribution in [3.63, 3.8) is 0 Å². The van der Waals surface area contributed by atoms with Gasteiger partial charge in [-0.25, -0.2) is 0 Å². The Balaban J connectivity index is 1.79. The lowest BCUT2D eigenvalue weighted by atomic mass is 9.98. The second kappa shape index (κ2) is 8.18. The maximum atomic E-state index is 12.4. The van der Waals surface area contributed by atoms with Crippen LogP contribution in [0, 0.1) is 12.8 Å². The number of likely N-dealkylation sites (tertiary alicyclic amines) is 1. The summed E-state index contributed by atoms with van der Waals surface area (Å²) in [5, 5.41) is 0. The summed E-state index contributed by atoms with van der Waals surface area (Å²) in [6.45, 7) is 7.44. The first-order chi connectivity index (χ1) is 10.2. The van der Waals surface area contributed by atoms with E-state index < -0.39 is 0 Å². The average molecular weight is 289 g/mol. The van der Waals surface area contributed by atoms with E-state index in [1.54, 1.807) is 0 Å². The van der Waals surface area contributed by atoms with Crippen LogP contribution < -0.4 is 0 Å². The summed E-state index contributed by atoms with van der Waals surface area (Å²) in [6, 6.07) is 8.43. The second-order valence-electron chi connectivity index (χ2n) is 6.00. The number of benzene rings is 1. The van der Waals surface area contributed by atoms with Crippen LogP contribution >= 0.6 is 0 Å². The Morgan fingerprint density at radius 3 is 3.05 bits per heavy atom. The minimum Gasteiger partial charge on any atom is -0.381 e. The molecule has 1 amide bonds. The molecule has 0 radical (unpaired) electrons. The van der Waals surface area contributed by atoms with Gasteiger partial charge in [-0.3, -0.25) is 4.79 Å². The lowest BCUT2D eigenvalue weighted by Gasteiger charge is -2.32. The highest BCUT2D eigenvalue weighted by atomic mass is 16.5. The predicted octanol–water partition coefficient (Wildman–Crippen LogP) is 3.20. The minimum absolute atomic E-state index is 0.290. The van der Waals surface area contributed by atoms with E-state index in [-0.39, 0.29) is 5.91 Å². The normalized spacial score (nSPS) is 18.8. The van der Waals surface area contributed by atoms with Crippen LogP contribution in [0.1, 0.15) is 37.3 Å². The number of nitrogens with zero attached hydrogens (tertiary/aromatic N) is 1. The van der Waals surface area contributed by atoms with Crippen molar-refractivity contribution in [2.75, 3.05) is 26.3 Å². The summed E-state index contributed by atoms with van der Waals surface area (Å²) >= 11 is 0. The summed E-state index contributed by atoms with van der Waals surface area (Å²) in [5.41, 5.74) is 2.51. The van der Waals surface area contributed by atoms with Gasteiger partial charge in [0.1, 0.15) is 0 Å². The van der Waals surface area contributed by atoms with Crippen LogP contribution in [0.25, 0.3) is 0 Å². The number of hydrogen-bond acceptors (Lipinski definition) is 2. The molecule has 0 aliphatic carbocycles. The molecule has 2 rings (SSSR count). The van der Waals surface area contributed by atoms with Crippen LogP contribution in [0.3, 0.4) is 0 Å². The van der Waals surface area contributed by atoms with Gasteiger partial charge in [-0.1, -0.05) is 29.8 Å². The van der Waals surface area contributed by atoms with E-state index in [9.17, 15) is 4.79 Å². The zero-order valence-corrected chi connectivity index (χ0v) is 13.3. The Labute approximate surface area is 128 Å². The number of hydrogen-bond donors (Lipinski definition) is 0. The number of carbonyl (C=O) groups excluding carboxylic acids is 1. The van der Waals surface area contributed by atoms with Gasteiger partial charge in [-0.05, 0) is 44.6 Å². The van der Waals surface area contributed by atoms with Gasteiger partial charge in [0.05, 0.1) is 6.61 Å². The molecule has 3 nitrogen and oxygen atoms in total. The van der Waals surface area contributed by atoms with E-state index in [4.69, 9.17) is 4.74 Å². The van der Waals surface area contributed by atoms with Crippen molar-refractivity contribution in [3.8, 4) is 0 Å². The number of aryl methyl sites for hydroxylation is 2. The second-order valence-corrected chi connectivity index (χ2v) is 6.00.